The molecule has 9 heteroatoms. The number of hydrogen-bond donors (Lipinski definition) is 0. The van der Waals surface area contributed by atoms with Crippen molar-refractivity contribution in [3.8, 4) is 0 Å². The number of likely N-dealkylation sites (tertiary alicyclic amines) is 3. The highest BCUT2D eigenvalue weighted by atomic mass is 15.3. The van der Waals surface area contributed by atoms with E-state index in [-0.39, 0.29) is 0 Å². The second kappa shape index (κ2) is 8.88. The topological polar surface area (TPSA) is 85.5 Å². The largest absolute Gasteiger partial charge is 0.362 e. The molecular formula is C18H27N9. The van der Waals surface area contributed by atoms with Crippen molar-refractivity contribution >= 4 is 36.9 Å². The standard InChI is InChI=1S/C18H27N9/c1-2-8-25(7-1)13-19-16-22-17(20-14-26-9-3-4-10-26)24-18(23-16)21-15-27-11-5-6-12-27/h13-15H,1-12H2. The van der Waals surface area contributed by atoms with Gasteiger partial charge in [-0.2, -0.15) is 15.0 Å². The first kappa shape index (κ1) is 17.8. The maximum atomic E-state index is 4.43. The molecule has 0 aromatic carbocycles. The van der Waals surface area contributed by atoms with E-state index in [0.717, 1.165) is 39.3 Å². The second-order valence-electron chi connectivity index (χ2n) is 7.20. The van der Waals surface area contributed by atoms with E-state index < -0.39 is 0 Å². The van der Waals surface area contributed by atoms with E-state index in [4.69, 9.17) is 0 Å². The minimum atomic E-state index is 0.360. The van der Waals surface area contributed by atoms with Gasteiger partial charge in [0.2, 0.25) is 0 Å². The molecule has 0 saturated carbocycles. The number of aliphatic imine (C=N–C) groups is 3. The highest BCUT2D eigenvalue weighted by Crippen LogP contribution is 2.17. The molecule has 4 rings (SSSR count). The minimum absolute atomic E-state index is 0.360. The Bertz CT molecular complexity index is 589. The molecule has 4 heterocycles. The fourth-order valence-electron chi connectivity index (χ4n) is 3.49. The van der Waals surface area contributed by atoms with Crippen LogP contribution in [0, 0.1) is 0 Å². The number of aromatic nitrogens is 3. The van der Waals surface area contributed by atoms with Crippen LogP contribution in [0.3, 0.4) is 0 Å². The smallest absolute Gasteiger partial charge is 0.257 e. The van der Waals surface area contributed by atoms with Crippen molar-refractivity contribution in [2.45, 2.75) is 38.5 Å². The lowest BCUT2D eigenvalue weighted by Gasteiger charge is -2.10. The van der Waals surface area contributed by atoms with Gasteiger partial charge in [-0.1, -0.05) is 0 Å². The van der Waals surface area contributed by atoms with Gasteiger partial charge < -0.3 is 14.7 Å². The van der Waals surface area contributed by atoms with Gasteiger partial charge >= 0.3 is 0 Å². The van der Waals surface area contributed by atoms with Gasteiger partial charge in [-0.25, -0.2) is 15.0 Å². The van der Waals surface area contributed by atoms with Gasteiger partial charge in [0.05, 0.1) is 19.0 Å². The molecule has 0 aliphatic carbocycles. The molecule has 0 unspecified atom stereocenters. The summed E-state index contributed by atoms with van der Waals surface area (Å²) in [7, 11) is 0. The first-order valence-electron chi connectivity index (χ1n) is 9.96. The molecule has 27 heavy (non-hydrogen) atoms. The van der Waals surface area contributed by atoms with Crippen molar-refractivity contribution in [1.82, 2.24) is 29.7 Å². The Balaban J connectivity index is 1.52. The third-order valence-electron chi connectivity index (χ3n) is 5.03. The Morgan fingerprint density at radius 1 is 0.481 bits per heavy atom. The summed E-state index contributed by atoms with van der Waals surface area (Å²) in [4.78, 5) is 33.0. The van der Waals surface area contributed by atoms with Crippen molar-refractivity contribution in [1.29, 1.82) is 0 Å². The fourth-order valence-corrected chi connectivity index (χ4v) is 3.49. The summed E-state index contributed by atoms with van der Waals surface area (Å²) in [5.41, 5.74) is 0. The maximum Gasteiger partial charge on any atom is 0.257 e. The summed E-state index contributed by atoms with van der Waals surface area (Å²) in [6.07, 6.45) is 12.7. The van der Waals surface area contributed by atoms with Crippen LogP contribution in [0.5, 0.6) is 0 Å². The van der Waals surface area contributed by atoms with Gasteiger partial charge in [0.1, 0.15) is 0 Å². The molecule has 0 bridgehead atoms. The lowest BCUT2D eigenvalue weighted by molar-refractivity contribution is 0.534. The van der Waals surface area contributed by atoms with E-state index in [1.807, 2.05) is 19.0 Å². The van der Waals surface area contributed by atoms with Crippen LogP contribution in [-0.4, -0.2) is 87.9 Å². The summed E-state index contributed by atoms with van der Waals surface area (Å²) in [5.74, 6) is 1.08. The monoisotopic (exact) mass is 369 g/mol. The average Bonchev–Trinajstić information content (AvgIpc) is 3.46. The van der Waals surface area contributed by atoms with Crippen molar-refractivity contribution in [3.63, 3.8) is 0 Å². The lowest BCUT2D eigenvalue weighted by Crippen LogP contribution is -2.17. The molecule has 0 amide bonds. The van der Waals surface area contributed by atoms with E-state index in [9.17, 15) is 0 Å². The van der Waals surface area contributed by atoms with E-state index >= 15 is 0 Å². The third kappa shape index (κ3) is 5.21. The maximum absolute atomic E-state index is 4.43. The first-order chi connectivity index (χ1) is 13.3. The Morgan fingerprint density at radius 2 is 0.741 bits per heavy atom. The summed E-state index contributed by atoms with van der Waals surface area (Å²) in [6, 6.07) is 0. The zero-order valence-electron chi connectivity index (χ0n) is 15.7. The zero-order chi connectivity index (χ0) is 18.3. The molecule has 144 valence electrons. The zero-order valence-corrected chi connectivity index (χ0v) is 15.7. The molecular weight excluding hydrogens is 342 g/mol. The third-order valence-corrected chi connectivity index (χ3v) is 5.03. The molecule has 0 radical (unpaired) electrons. The van der Waals surface area contributed by atoms with E-state index in [0.29, 0.717) is 17.8 Å². The van der Waals surface area contributed by atoms with Gasteiger partial charge in [0.15, 0.2) is 0 Å². The Kier molecular flexibility index (Phi) is 5.86. The van der Waals surface area contributed by atoms with Crippen molar-refractivity contribution < 1.29 is 0 Å². The summed E-state index contributed by atoms with van der Waals surface area (Å²) in [6.45, 7) is 6.22. The van der Waals surface area contributed by atoms with Crippen LogP contribution in [-0.2, 0) is 0 Å². The van der Waals surface area contributed by atoms with Gasteiger partial charge in [-0.3, -0.25) is 0 Å². The van der Waals surface area contributed by atoms with Crippen molar-refractivity contribution in [2.24, 2.45) is 15.0 Å². The molecule has 0 N–H and O–H groups in total. The van der Waals surface area contributed by atoms with E-state index in [1.165, 1.54) is 38.5 Å². The summed E-state index contributed by atoms with van der Waals surface area (Å²) >= 11 is 0. The van der Waals surface area contributed by atoms with Crippen LogP contribution in [0.4, 0.5) is 17.8 Å². The normalized spacial score (nSPS) is 21.1. The number of rotatable bonds is 6. The second-order valence-corrected chi connectivity index (χ2v) is 7.20. The molecule has 0 atom stereocenters. The average molecular weight is 369 g/mol. The quantitative estimate of drug-likeness (QED) is 0.564. The predicted molar refractivity (Wildman–Crippen MR) is 107 cm³/mol. The summed E-state index contributed by atoms with van der Waals surface area (Å²) in [5, 5.41) is 0. The molecule has 1 aromatic heterocycles. The molecule has 3 aliphatic heterocycles. The summed E-state index contributed by atoms with van der Waals surface area (Å²) < 4.78 is 0. The molecule has 1 aromatic rings. The number of hydrogen-bond acceptors (Lipinski definition) is 6. The van der Waals surface area contributed by atoms with Crippen LogP contribution >= 0.6 is 0 Å². The van der Waals surface area contributed by atoms with Gasteiger partial charge in [0, 0.05) is 39.3 Å². The van der Waals surface area contributed by atoms with Crippen molar-refractivity contribution in [3.05, 3.63) is 0 Å². The van der Waals surface area contributed by atoms with Gasteiger partial charge in [0.25, 0.3) is 17.8 Å². The van der Waals surface area contributed by atoms with Gasteiger partial charge in [-0.15, -0.1) is 0 Å². The highest BCUT2D eigenvalue weighted by molar-refractivity contribution is 5.63. The Morgan fingerprint density at radius 3 is 1.00 bits per heavy atom. The fraction of sp³-hybridized carbons (Fsp3) is 0.667. The SMILES string of the molecule is C(=Nc1nc(N=CN2CCCC2)nc(N=CN2CCCC2)n1)N1CCCC1. The van der Waals surface area contributed by atoms with E-state index in [2.05, 4.69) is 44.6 Å². The van der Waals surface area contributed by atoms with Gasteiger partial charge in [-0.05, 0) is 38.5 Å². The molecule has 3 fully saturated rings. The molecule has 0 spiro atoms. The minimum Gasteiger partial charge on any atom is -0.362 e. The highest BCUT2D eigenvalue weighted by Gasteiger charge is 2.11. The molecule has 3 saturated heterocycles. The number of nitrogens with zero attached hydrogens (tertiary/aromatic N) is 9. The predicted octanol–water partition coefficient (Wildman–Crippen LogP) is 2.14. The Hall–Kier alpha value is -2.58. The van der Waals surface area contributed by atoms with Crippen LogP contribution in [0.25, 0.3) is 0 Å². The van der Waals surface area contributed by atoms with Crippen LogP contribution in [0.15, 0.2) is 15.0 Å². The lowest BCUT2D eigenvalue weighted by atomic mass is 10.4. The first-order valence-corrected chi connectivity index (χ1v) is 9.96. The van der Waals surface area contributed by atoms with Crippen LogP contribution in [0.1, 0.15) is 38.5 Å². The molecule has 9 nitrogen and oxygen atoms in total. The molecule has 3 aliphatic rings. The Labute approximate surface area is 160 Å². The van der Waals surface area contributed by atoms with Crippen LogP contribution in [0.2, 0.25) is 0 Å². The van der Waals surface area contributed by atoms with E-state index in [1.54, 1.807) is 0 Å². The van der Waals surface area contributed by atoms with Crippen LogP contribution < -0.4 is 0 Å². The van der Waals surface area contributed by atoms with Crippen molar-refractivity contribution in [2.75, 3.05) is 39.3 Å².